The molecule has 1 aromatic heterocycles. The zero-order chi connectivity index (χ0) is 7.23. The van der Waals surface area contributed by atoms with E-state index in [0.29, 0.717) is 0 Å². The zero-order valence-corrected chi connectivity index (χ0v) is 5.70. The summed E-state index contributed by atoms with van der Waals surface area (Å²) in [6.07, 6.45) is 6.01. The number of aromatic nitrogens is 1. The summed E-state index contributed by atoms with van der Waals surface area (Å²) in [7, 11) is 0. The van der Waals surface area contributed by atoms with Crippen LogP contribution in [0.25, 0.3) is 0 Å². The van der Waals surface area contributed by atoms with Crippen LogP contribution < -0.4 is 5.73 Å². The standard InChI is InChI=1S/C8H10N2/c9-6-3-5-8-4-1-2-7-10-8/h1-4,6-7H,5,9H2/b6-3+. The van der Waals surface area contributed by atoms with E-state index in [0.717, 1.165) is 12.1 Å². The minimum Gasteiger partial charge on any atom is -0.405 e. The van der Waals surface area contributed by atoms with Gasteiger partial charge in [-0.05, 0) is 18.3 Å². The summed E-state index contributed by atoms with van der Waals surface area (Å²) in [6.45, 7) is 0. The Labute approximate surface area is 60.4 Å². The number of nitrogens with zero attached hydrogens (tertiary/aromatic N) is 1. The lowest BCUT2D eigenvalue weighted by molar-refractivity contribution is 1.11. The minimum atomic E-state index is 0.817. The van der Waals surface area contributed by atoms with Gasteiger partial charge in [-0.25, -0.2) is 0 Å². The Morgan fingerprint density at radius 3 is 3.00 bits per heavy atom. The Balaban J connectivity index is 2.59. The number of hydrogen-bond acceptors (Lipinski definition) is 2. The summed E-state index contributed by atoms with van der Waals surface area (Å²) in [4.78, 5) is 4.11. The van der Waals surface area contributed by atoms with Gasteiger partial charge in [-0.15, -0.1) is 0 Å². The van der Waals surface area contributed by atoms with E-state index >= 15 is 0 Å². The maximum Gasteiger partial charge on any atom is 0.0441 e. The van der Waals surface area contributed by atoms with E-state index in [1.54, 1.807) is 6.20 Å². The van der Waals surface area contributed by atoms with E-state index in [1.165, 1.54) is 6.20 Å². The van der Waals surface area contributed by atoms with Crippen molar-refractivity contribution in [1.29, 1.82) is 0 Å². The lowest BCUT2D eigenvalue weighted by atomic mass is 10.3. The molecule has 0 amide bonds. The molecule has 0 aliphatic carbocycles. The smallest absolute Gasteiger partial charge is 0.0441 e. The lowest BCUT2D eigenvalue weighted by Gasteiger charge is -1.90. The predicted molar refractivity (Wildman–Crippen MR) is 41.3 cm³/mol. The third-order valence-electron chi connectivity index (χ3n) is 1.19. The van der Waals surface area contributed by atoms with Crippen molar-refractivity contribution in [2.24, 2.45) is 5.73 Å². The van der Waals surface area contributed by atoms with Crippen LogP contribution in [0.15, 0.2) is 36.7 Å². The van der Waals surface area contributed by atoms with Crippen LogP contribution in [-0.4, -0.2) is 4.98 Å². The molecule has 0 aliphatic heterocycles. The summed E-state index contributed by atoms with van der Waals surface area (Å²) < 4.78 is 0. The van der Waals surface area contributed by atoms with Gasteiger partial charge in [0.1, 0.15) is 0 Å². The first-order valence-corrected chi connectivity index (χ1v) is 3.20. The van der Waals surface area contributed by atoms with Gasteiger partial charge in [0.2, 0.25) is 0 Å². The van der Waals surface area contributed by atoms with Crippen LogP contribution in [0.1, 0.15) is 5.69 Å². The second-order valence-corrected chi connectivity index (χ2v) is 1.95. The molecule has 0 spiro atoms. The van der Waals surface area contributed by atoms with E-state index in [2.05, 4.69) is 4.98 Å². The van der Waals surface area contributed by atoms with Crippen molar-refractivity contribution < 1.29 is 0 Å². The number of pyridine rings is 1. The summed E-state index contributed by atoms with van der Waals surface area (Å²) in [5.41, 5.74) is 6.21. The van der Waals surface area contributed by atoms with Crippen molar-refractivity contribution in [2.75, 3.05) is 0 Å². The fourth-order valence-corrected chi connectivity index (χ4v) is 0.708. The molecule has 0 bridgehead atoms. The van der Waals surface area contributed by atoms with Crippen LogP contribution in [0.2, 0.25) is 0 Å². The van der Waals surface area contributed by atoms with Gasteiger partial charge in [-0.1, -0.05) is 12.1 Å². The van der Waals surface area contributed by atoms with Crippen LogP contribution in [0.5, 0.6) is 0 Å². The van der Waals surface area contributed by atoms with Crippen molar-refractivity contribution in [1.82, 2.24) is 4.98 Å². The van der Waals surface area contributed by atoms with E-state index < -0.39 is 0 Å². The number of allylic oxidation sites excluding steroid dienone is 1. The topological polar surface area (TPSA) is 38.9 Å². The molecule has 0 saturated heterocycles. The number of rotatable bonds is 2. The van der Waals surface area contributed by atoms with Gasteiger partial charge in [-0.2, -0.15) is 0 Å². The van der Waals surface area contributed by atoms with Gasteiger partial charge in [0.25, 0.3) is 0 Å². The predicted octanol–water partition coefficient (Wildman–Crippen LogP) is 1.10. The van der Waals surface area contributed by atoms with Crippen molar-refractivity contribution in [2.45, 2.75) is 6.42 Å². The Morgan fingerprint density at radius 1 is 1.50 bits per heavy atom. The van der Waals surface area contributed by atoms with Crippen molar-refractivity contribution in [3.8, 4) is 0 Å². The highest BCUT2D eigenvalue weighted by molar-refractivity contribution is 5.07. The number of nitrogens with two attached hydrogens (primary N) is 1. The van der Waals surface area contributed by atoms with Gasteiger partial charge in [0.15, 0.2) is 0 Å². The van der Waals surface area contributed by atoms with E-state index in [1.807, 2.05) is 24.3 Å². The largest absolute Gasteiger partial charge is 0.405 e. The number of hydrogen-bond donors (Lipinski definition) is 1. The molecule has 1 rings (SSSR count). The molecule has 2 heteroatoms. The molecular weight excluding hydrogens is 124 g/mol. The molecule has 52 valence electrons. The van der Waals surface area contributed by atoms with Gasteiger partial charge in [0, 0.05) is 18.3 Å². The summed E-state index contributed by atoms with van der Waals surface area (Å²) in [5.74, 6) is 0. The highest BCUT2D eigenvalue weighted by atomic mass is 14.7. The monoisotopic (exact) mass is 134 g/mol. The van der Waals surface area contributed by atoms with E-state index in [-0.39, 0.29) is 0 Å². The molecule has 1 aromatic rings. The Morgan fingerprint density at radius 2 is 2.40 bits per heavy atom. The first-order valence-electron chi connectivity index (χ1n) is 3.20. The molecular formula is C8H10N2. The molecule has 2 N–H and O–H groups in total. The second kappa shape index (κ2) is 3.67. The van der Waals surface area contributed by atoms with Crippen molar-refractivity contribution in [3.05, 3.63) is 42.4 Å². The third-order valence-corrected chi connectivity index (χ3v) is 1.19. The van der Waals surface area contributed by atoms with Crippen LogP contribution in [0.4, 0.5) is 0 Å². The molecule has 0 radical (unpaired) electrons. The summed E-state index contributed by atoms with van der Waals surface area (Å²) in [5, 5.41) is 0. The molecule has 10 heavy (non-hydrogen) atoms. The van der Waals surface area contributed by atoms with Gasteiger partial charge in [-0.3, -0.25) is 4.98 Å². The molecule has 0 aliphatic rings. The highest BCUT2D eigenvalue weighted by Crippen LogP contribution is 1.93. The van der Waals surface area contributed by atoms with Crippen LogP contribution in [-0.2, 0) is 6.42 Å². The third kappa shape index (κ3) is 1.90. The highest BCUT2D eigenvalue weighted by Gasteiger charge is 1.84. The van der Waals surface area contributed by atoms with E-state index in [4.69, 9.17) is 5.73 Å². The van der Waals surface area contributed by atoms with Crippen LogP contribution in [0, 0.1) is 0 Å². The Kier molecular flexibility index (Phi) is 2.49. The Bertz CT molecular complexity index is 204. The Hall–Kier alpha value is -1.31. The second-order valence-electron chi connectivity index (χ2n) is 1.95. The van der Waals surface area contributed by atoms with Crippen LogP contribution in [0.3, 0.4) is 0 Å². The van der Waals surface area contributed by atoms with Gasteiger partial charge < -0.3 is 5.73 Å². The molecule has 0 atom stereocenters. The molecule has 2 nitrogen and oxygen atoms in total. The fourth-order valence-electron chi connectivity index (χ4n) is 0.708. The summed E-state index contributed by atoms with van der Waals surface area (Å²) >= 11 is 0. The maximum atomic E-state index is 5.17. The molecule has 1 heterocycles. The normalized spacial score (nSPS) is 10.4. The van der Waals surface area contributed by atoms with Crippen LogP contribution >= 0.6 is 0 Å². The lowest BCUT2D eigenvalue weighted by Crippen LogP contribution is -1.86. The summed E-state index contributed by atoms with van der Waals surface area (Å²) in [6, 6.07) is 5.84. The first-order chi connectivity index (χ1) is 4.93. The average Bonchev–Trinajstić information content (AvgIpc) is 2.03. The van der Waals surface area contributed by atoms with Crippen molar-refractivity contribution in [3.63, 3.8) is 0 Å². The zero-order valence-electron chi connectivity index (χ0n) is 5.70. The average molecular weight is 134 g/mol. The van der Waals surface area contributed by atoms with Gasteiger partial charge in [0.05, 0.1) is 0 Å². The van der Waals surface area contributed by atoms with Gasteiger partial charge >= 0.3 is 0 Å². The molecule has 0 saturated carbocycles. The van der Waals surface area contributed by atoms with E-state index in [9.17, 15) is 0 Å². The SMILES string of the molecule is N/C=C/Cc1ccccn1. The molecule has 0 fully saturated rings. The molecule has 0 aromatic carbocycles. The minimum absolute atomic E-state index is 0.817. The quantitative estimate of drug-likeness (QED) is 0.657. The maximum absolute atomic E-state index is 5.17. The molecule has 0 unspecified atom stereocenters. The fraction of sp³-hybridized carbons (Fsp3) is 0.125. The van der Waals surface area contributed by atoms with Crippen molar-refractivity contribution >= 4 is 0 Å². The first kappa shape index (κ1) is 6.81.